The molecule has 1 aliphatic heterocycles. The third-order valence-corrected chi connectivity index (χ3v) is 7.59. The predicted octanol–water partition coefficient (Wildman–Crippen LogP) is 7.00. The molecule has 0 saturated carbocycles. The monoisotopic (exact) mass is 524 g/mol. The van der Waals surface area contributed by atoms with E-state index < -0.39 is 6.04 Å². The lowest BCUT2D eigenvalue weighted by atomic mass is 9.78. The highest BCUT2D eigenvalue weighted by molar-refractivity contribution is 6.42. The molecule has 0 bridgehead atoms. The van der Waals surface area contributed by atoms with Crippen LogP contribution in [0.3, 0.4) is 0 Å². The van der Waals surface area contributed by atoms with E-state index >= 15 is 0 Å². The number of para-hydroxylation sites is 2. The van der Waals surface area contributed by atoms with Gasteiger partial charge in [-0.2, -0.15) is 0 Å². The van der Waals surface area contributed by atoms with Crippen LogP contribution in [0.4, 0.5) is 11.4 Å². The minimum Gasteiger partial charge on any atom is -0.493 e. The zero-order valence-electron chi connectivity index (χ0n) is 20.2. The zero-order valence-corrected chi connectivity index (χ0v) is 21.7. The summed E-state index contributed by atoms with van der Waals surface area (Å²) < 4.78 is 16.6. The molecule has 8 heteroatoms. The molecule has 0 amide bonds. The molecule has 1 heterocycles. The molecule has 6 nitrogen and oxygen atoms in total. The van der Waals surface area contributed by atoms with Gasteiger partial charge in [0.25, 0.3) is 0 Å². The number of hydrogen-bond donors (Lipinski definition) is 2. The van der Waals surface area contributed by atoms with Crippen LogP contribution in [0.1, 0.15) is 35.9 Å². The van der Waals surface area contributed by atoms with Gasteiger partial charge in [-0.3, -0.25) is 4.79 Å². The quantitative estimate of drug-likeness (QED) is 0.374. The van der Waals surface area contributed by atoms with E-state index in [-0.39, 0.29) is 11.7 Å². The topological polar surface area (TPSA) is 68.8 Å². The maximum atomic E-state index is 13.8. The lowest BCUT2D eigenvalue weighted by Gasteiger charge is -2.30. The largest absolute Gasteiger partial charge is 0.493 e. The number of ether oxygens (including phenoxy) is 3. The van der Waals surface area contributed by atoms with Crippen LogP contribution in [0.15, 0.2) is 65.9 Å². The SMILES string of the molecule is COc1cc(C2CC(=O)C3=C(C2)Nc2ccccc2NC3c2cccc(Cl)c2Cl)cc(OC)c1OC. The molecule has 0 fully saturated rings. The molecule has 2 N–H and O–H groups in total. The fourth-order valence-corrected chi connectivity index (χ4v) is 5.46. The van der Waals surface area contributed by atoms with Gasteiger partial charge in [0.15, 0.2) is 17.3 Å². The van der Waals surface area contributed by atoms with Crippen LogP contribution < -0.4 is 24.8 Å². The Morgan fingerprint density at radius 3 is 2.22 bits per heavy atom. The van der Waals surface area contributed by atoms with Crippen molar-refractivity contribution in [2.75, 3.05) is 32.0 Å². The Labute approximate surface area is 220 Å². The van der Waals surface area contributed by atoms with Crippen LogP contribution in [0, 0.1) is 0 Å². The third kappa shape index (κ3) is 4.25. The number of Topliss-reactive ketones (excluding diaryl/α,β-unsaturated/α-hetero) is 1. The molecule has 3 aromatic carbocycles. The first-order valence-corrected chi connectivity index (χ1v) is 12.3. The number of fused-ring (bicyclic) bond motifs is 1. The van der Waals surface area contributed by atoms with Gasteiger partial charge in [0.2, 0.25) is 5.75 Å². The first-order chi connectivity index (χ1) is 17.4. The summed E-state index contributed by atoms with van der Waals surface area (Å²) in [6.07, 6.45) is 0.941. The maximum Gasteiger partial charge on any atom is 0.203 e. The van der Waals surface area contributed by atoms with E-state index in [4.69, 9.17) is 37.4 Å². The van der Waals surface area contributed by atoms with Crippen molar-refractivity contribution in [1.29, 1.82) is 0 Å². The summed E-state index contributed by atoms with van der Waals surface area (Å²) in [5.74, 6) is 1.58. The molecule has 2 aliphatic rings. The molecule has 1 aliphatic carbocycles. The van der Waals surface area contributed by atoms with Gasteiger partial charge in [0.05, 0.1) is 48.8 Å². The van der Waals surface area contributed by atoms with Crippen LogP contribution in [0.5, 0.6) is 17.2 Å². The van der Waals surface area contributed by atoms with E-state index in [0.717, 1.165) is 28.2 Å². The fraction of sp³-hybridized carbons (Fsp3) is 0.250. The summed E-state index contributed by atoms with van der Waals surface area (Å²) in [4.78, 5) is 13.8. The molecule has 0 aromatic heterocycles. The molecule has 0 radical (unpaired) electrons. The number of halogens is 2. The first kappa shape index (κ1) is 24.3. The smallest absolute Gasteiger partial charge is 0.203 e. The van der Waals surface area contributed by atoms with Crippen molar-refractivity contribution in [3.05, 3.63) is 87.0 Å². The lowest BCUT2D eigenvalue weighted by Crippen LogP contribution is -2.27. The van der Waals surface area contributed by atoms with Gasteiger partial charge in [-0.15, -0.1) is 0 Å². The highest BCUT2D eigenvalue weighted by atomic mass is 35.5. The molecule has 5 rings (SSSR count). The minimum atomic E-state index is -0.448. The molecule has 3 aromatic rings. The van der Waals surface area contributed by atoms with Gasteiger partial charge in [0.1, 0.15) is 0 Å². The van der Waals surface area contributed by atoms with Crippen LogP contribution in [-0.4, -0.2) is 27.1 Å². The lowest BCUT2D eigenvalue weighted by molar-refractivity contribution is -0.116. The second-order valence-electron chi connectivity index (χ2n) is 8.77. The first-order valence-electron chi connectivity index (χ1n) is 11.6. The van der Waals surface area contributed by atoms with Crippen molar-refractivity contribution in [2.45, 2.75) is 24.8 Å². The Balaban J connectivity index is 1.62. The van der Waals surface area contributed by atoms with Gasteiger partial charge < -0.3 is 24.8 Å². The highest BCUT2D eigenvalue weighted by Gasteiger charge is 2.37. The van der Waals surface area contributed by atoms with Crippen molar-refractivity contribution >= 4 is 40.4 Å². The van der Waals surface area contributed by atoms with Crippen LogP contribution in [-0.2, 0) is 4.79 Å². The molecule has 0 spiro atoms. The number of carbonyl (C=O) groups excluding carboxylic acids is 1. The van der Waals surface area contributed by atoms with Gasteiger partial charge in [-0.25, -0.2) is 0 Å². The number of allylic oxidation sites excluding steroid dienone is 1. The molecule has 36 heavy (non-hydrogen) atoms. The molecule has 0 saturated heterocycles. The van der Waals surface area contributed by atoms with Gasteiger partial charge in [-0.1, -0.05) is 47.5 Å². The Morgan fingerprint density at radius 2 is 1.56 bits per heavy atom. The average Bonchev–Trinajstić information content (AvgIpc) is 3.06. The Hall–Kier alpha value is -3.35. The van der Waals surface area contributed by atoms with E-state index in [0.29, 0.717) is 45.7 Å². The molecular formula is C28H26Cl2N2O4. The highest BCUT2D eigenvalue weighted by Crippen LogP contribution is 2.48. The number of hydrogen-bond acceptors (Lipinski definition) is 6. The molecule has 186 valence electrons. The predicted molar refractivity (Wildman–Crippen MR) is 143 cm³/mol. The van der Waals surface area contributed by atoms with Crippen molar-refractivity contribution in [3.63, 3.8) is 0 Å². The molecular weight excluding hydrogens is 499 g/mol. The van der Waals surface area contributed by atoms with Crippen LogP contribution >= 0.6 is 23.2 Å². The van der Waals surface area contributed by atoms with Crippen LogP contribution in [0.2, 0.25) is 10.0 Å². The van der Waals surface area contributed by atoms with Crippen molar-refractivity contribution in [3.8, 4) is 17.2 Å². The normalized spacial score (nSPS) is 18.9. The second-order valence-corrected chi connectivity index (χ2v) is 9.56. The van der Waals surface area contributed by atoms with Crippen molar-refractivity contribution in [1.82, 2.24) is 0 Å². The van der Waals surface area contributed by atoms with E-state index in [1.807, 2.05) is 48.5 Å². The fourth-order valence-electron chi connectivity index (χ4n) is 5.04. The van der Waals surface area contributed by atoms with E-state index in [1.54, 1.807) is 27.4 Å². The van der Waals surface area contributed by atoms with Crippen molar-refractivity contribution < 1.29 is 19.0 Å². The standard InChI is InChI=1S/C28H26Cl2N2O4/c1-34-23-13-16(14-24(35-2)28(23)36-3)15-11-21-25(22(33)12-15)27(17-7-6-8-18(29)26(17)30)32-20-10-5-4-9-19(20)31-21/h4-10,13-15,27,31-32H,11-12H2,1-3H3. The summed E-state index contributed by atoms with van der Waals surface area (Å²) in [7, 11) is 4.74. The Morgan fingerprint density at radius 1 is 0.861 bits per heavy atom. The number of carbonyl (C=O) groups is 1. The average molecular weight is 525 g/mol. The van der Waals surface area contributed by atoms with Crippen LogP contribution in [0.25, 0.3) is 0 Å². The second kappa shape index (κ2) is 9.96. The number of nitrogens with one attached hydrogen (secondary N) is 2. The molecule has 2 unspecified atom stereocenters. The van der Waals surface area contributed by atoms with Gasteiger partial charge >= 0.3 is 0 Å². The number of anilines is 2. The summed E-state index contributed by atoms with van der Waals surface area (Å²) in [5, 5.41) is 7.96. The van der Waals surface area contributed by atoms with Gasteiger partial charge in [-0.05, 0) is 53.8 Å². The van der Waals surface area contributed by atoms with E-state index in [2.05, 4.69) is 10.6 Å². The van der Waals surface area contributed by atoms with Crippen molar-refractivity contribution in [2.24, 2.45) is 0 Å². The minimum absolute atomic E-state index is 0.0313. The summed E-state index contributed by atoms with van der Waals surface area (Å²) >= 11 is 13.0. The van der Waals surface area contributed by atoms with Gasteiger partial charge in [0, 0.05) is 17.7 Å². The number of benzene rings is 3. The van der Waals surface area contributed by atoms with E-state index in [9.17, 15) is 4.79 Å². The Bertz CT molecular complexity index is 1350. The summed E-state index contributed by atoms with van der Waals surface area (Å²) in [6.45, 7) is 0. The third-order valence-electron chi connectivity index (χ3n) is 6.76. The summed E-state index contributed by atoms with van der Waals surface area (Å²) in [6, 6.07) is 16.8. The molecule has 2 atom stereocenters. The van der Waals surface area contributed by atoms with E-state index in [1.165, 1.54) is 0 Å². The number of methoxy groups -OCH3 is 3. The number of ketones is 1. The Kier molecular flexibility index (Phi) is 6.73. The maximum absolute atomic E-state index is 13.8. The zero-order chi connectivity index (χ0) is 25.4. The number of rotatable bonds is 5. The summed E-state index contributed by atoms with van der Waals surface area (Å²) in [5.41, 5.74) is 4.99.